The standard InChI is InChI=1S/C21H23F2N3O4S/c1-31(28,29)26-17-5-3-13(9-16(17)23)12-24-20(27)25-18-11-21(7-2-8-21)30-19-6-4-14(22)10-15(18)19/h3-6,9-10,18,26H,2,7-8,11-12H2,1H3,(H2,24,25,27)/t18-/m1/s1. The highest BCUT2D eigenvalue weighted by molar-refractivity contribution is 7.92. The van der Waals surface area contributed by atoms with E-state index in [1.165, 1.54) is 24.3 Å². The lowest BCUT2D eigenvalue weighted by Crippen LogP contribution is -2.50. The van der Waals surface area contributed by atoms with Gasteiger partial charge in [0.2, 0.25) is 10.0 Å². The van der Waals surface area contributed by atoms with Crippen LogP contribution in [0.1, 0.15) is 42.9 Å². The van der Waals surface area contributed by atoms with Gasteiger partial charge in [0.05, 0.1) is 18.0 Å². The molecule has 1 aliphatic heterocycles. The summed E-state index contributed by atoms with van der Waals surface area (Å²) in [6, 6.07) is 7.37. The van der Waals surface area contributed by atoms with Crippen LogP contribution >= 0.6 is 0 Å². The Morgan fingerprint density at radius 2 is 1.97 bits per heavy atom. The van der Waals surface area contributed by atoms with E-state index in [4.69, 9.17) is 4.74 Å². The van der Waals surface area contributed by atoms with Gasteiger partial charge in [-0.05, 0) is 55.2 Å². The molecule has 0 unspecified atom stereocenters. The van der Waals surface area contributed by atoms with Crippen molar-refractivity contribution in [1.29, 1.82) is 0 Å². The number of ether oxygens (including phenoxy) is 1. The lowest BCUT2D eigenvalue weighted by molar-refractivity contribution is -0.0357. The highest BCUT2D eigenvalue weighted by Gasteiger charge is 2.46. The van der Waals surface area contributed by atoms with Gasteiger partial charge in [-0.3, -0.25) is 4.72 Å². The van der Waals surface area contributed by atoms with Crippen LogP contribution in [0.25, 0.3) is 0 Å². The topological polar surface area (TPSA) is 96.5 Å². The number of halogens is 2. The second-order valence-corrected chi connectivity index (χ2v) is 9.84. The molecule has 1 spiro atoms. The van der Waals surface area contributed by atoms with Gasteiger partial charge in [0.1, 0.15) is 23.0 Å². The highest BCUT2D eigenvalue weighted by Crippen LogP contribution is 2.48. The molecule has 31 heavy (non-hydrogen) atoms. The Morgan fingerprint density at radius 3 is 2.61 bits per heavy atom. The zero-order valence-electron chi connectivity index (χ0n) is 16.9. The molecule has 0 radical (unpaired) electrons. The summed E-state index contributed by atoms with van der Waals surface area (Å²) in [5, 5.41) is 5.53. The number of hydrogen-bond acceptors (Lipinski definition) is 4. The van der Waals surface area contributed by atoms with Crippen molar-refractivity contribution in [3.63, 3.8) is 0 Å². The van der Waals surface area contributed by atoms with E-state index in [2.05, 4.69) is 15.4 Å². The number of rotatable bonds is 5. The average molecular weight is 451 g/mol. The lowest BCUT2D eigenvalue weighted by Gasteiger charge is -2.48. The quantitative estimate of drug-likeness (QED) is 0.647. The summed E-state index contributed by atoms with van der Waals surface area (Å²) < 4.78 is 58.5. The maximum Gasteiger partial charge on any atom is 0.315 e. The molecule has 2 aromatic rings. The van der Waals surface area contributed by atoms with Crippen molar-refractivity contribution in [2.75, 3.05) is 11.0 Å². The number of benzene rings is 2. The van der Waals surface area contributed by atoms with Crippen LogP contribution < -0.4 is 20.1 Å². The van der Waals surface area contributed by atoms with E-state index in [0.717, 1.165) is 31.6 Å². The zero-order chi connectivity index (χ0) is 22.2. The van der Waals surface area contributed by atoms with Gasteiger partial charge in [-0.15, -0.1) is 0 Å². The van der Waals surface area contributed by atoms with Crippen molar-refractivity contribution in [1.82, 2.24) is 10.6 Å². The maximum atomic E-state index is 14.1. The van der Waals surface area contributed by atoms with Crippen LogP contribution in [0.3, 0.4) is 0 Å². The third-order valence-electron chi connectivity index (χ3n) is 5.60. The van der Waals surface area contributed by atoms with Crippen LogP contribution in [0.15, 0.2) is 36.4 Å². The molecule has 7 nitrogen and oxygen atoms in total. The molecule has 1 aliphatic carbocycles. The molecule has 0 saturated heterocycles. The molecule has 2 amide bonds. The van der Waals surface area contributed by atoms with Crippen molar-refractivity contribution in [2.24, 2.45) is 0 Å². The van der Waals surface area contributed by atoms with E-state index in [-0.39, 0.29) is 17.8 Å². The van der Waals surface area contributed by atoms with Crippen molar-refractivity contribution in [3.8, 4) is 5.75 Å². The van der Waals surface area contributed by atoms with Crippen LogP contribution in [-0.2, 0) is 16.6 Å². The van der Waals surface area contributed by atoms with Gasteiger partial charge in [0.25, 0.3) is 0 Å². The van der Waals surface area contributed by atoms with E-state index in [1.807, 2.05) is 0 Å². The second kappa shape index (κ2) is 7.99. The van der Waals surface area contributed by atoms with Crippen molar-refractivity contribution < 1.29 is 26.7 Å². The number of anilines is 1. The first-order valence-corrected chi connectivity index (χ1v) is 11.8. The molecule has 1 fully saturated rings. The van der Waals surface area contributed by atoms with Crippen LogP contribution in [0.4, 0.5) is 19.3 Å². The van der Waals surface area contributed by atoms with Crippen molar-refractivity contribution in [3.05, 3.63) is 59.2 Å². The molecule has 0 bridgehead atoms. The van der Waals surface area contributed by atoms with Crippen LogP contribution in [0.5, 0.6) is 5.75 Å². The summed E-state index contributed by atoms with van der Waals surface area (Å²) in [6.45, 7) is 0.0340. The molecule has 4 rings (SSSR count). The molecule has 1 saturated carbocycles. The predicted octanol–water partition coefficient (Wildman–Crippen LogP) is 3.58. The summed E-state index contributed by atoms with van der Waals surface area (Å²) in [6.07, 6.45) is 4.30. The van der Waals surface area contributed by atoms with E-state index in [0.29, 0.717) is 23.3 Å². The largest absolute Gasteiger partial charge is 0.487 e. The predicted molar refractivity (Wildman–Crippen MR) is 111 cm³/mol. The second-order valence-electron chi connectivity index (χ2n) is 8.09. The monoisotopic (exact) mass is 451 g/mol. The summed E-state index contributed by atoms with van der Waals surface area (Å²) in [5.74, 6) is -0.572. The Hall–Kier alpha value is -2.88. The number of carbonyl (C=O) groups is 1. The van der Waals surface area contributed by atoms with E-state index in [1.54, 1.807) is 6.07 Å². The highest BCUT2D eigenvalue weighted by atomic mass is 32.2. The molecular formula is C21H23F2N3O4S. The van der Waals surface area contributed by atoms with Gasteiger partial charge in [-0.1, -0.05) is 6.07 Å². The van der Waals surface area contributed by atoms with Gasteiger partial charge in [-0.2, -0.15) is 0 Å². The molecule has 0 aromatic heterocycles. The number of carbonyl (C=O) groups excluding carboxylic acids is 1. The molecular weight excluding hydrogens is 428 g/mol. The normalized spacial score (nSPS) is 19.0. The Balaban J connectivity index is 1.41. The van der Waals surface area contributed by atoms with Gasteiger partial charge in [0, 0.05) is 18.5 Å². The van der Waals surface area contributed by atoms with Crippen LogP contribution in [0, 0.1) is 11.6 Å². The van der Waals surface area contributed by atoms with E-state index >= 15 is 0 Å². The summed E-state index contributed by atoms with van der Waals surface area (Å²) in [4.78, 5) is 12.5. The van der Waals surface area contributed by atoms with E-state index in [9.17, 15) is 22.0 Å². The summed E-state index contributed by atoms with van der Waals surface area (Å²) in [5.41, 5.74) is 0.562. The lowest BCUT2D eigenvalue weighted by atomic mass is 9.73. The first kappa shape index (κ1) is 21.4. The molecule has 3 N–H and O–H groups in total. The number of hydrogen-bond donors (Lipinski definition) is 3. The number of fused-ring (bicyclic) bond motifs is 1. The van der Waals surface area contributed by atoms with Crippen LogP contribution in [-0.4, -0.2) is 26.3 Å². The Bertz CT molecular complexity index is 1120. The molecule has 1 atom stereocenters. The number of amides is 2. The molecule has 10 heteroatoms. The fourth-order valence-corrected chi connectivity index (χ4v) is 4.56. The number of urea groups is 1. The van der Waals surface area contributed by atoms with Crippen LogP contribution in [0.2, 0.25) is 0 Å². The van der Waals surface area contributed by atoms with Crippen molar-refractivity contribution >= 4 is 21.7 Å². The van der Waals surface area contributed by atoms with Gasteiger partial charge < -0.3 is 15.4 Å². The van der Waals surface area contributed by atoms with Crippen molar-refractivity contribution in [2.45, 2.75) is 43.9 Å². The minimum atomic E-state index is -3.60. The summed E-state index contributed by atoms with van der Waals surface area (Å²) in [7, 11) is -3.60. The molecule has 2 aromatic carbocycles. The number of nitrogens with one attached hydrogen (secondary N) is 3. The average Bonchev–Trinajstić information content (AvgIpc) is 2.66. The fourth-order valence-electron chi connectivity index (χ4n) is 3.99. The van der Waals surface area contributed by atoms with E-state index < -0.39 is 33.7 Å². The first-order chi connectivity index (χ1) is 14.6. The third-order valence-corrected chi connectivity index (χ3v) is 6.19. The number of sulfonamides is 1. The Morgan fingerprint density at radius 1 is 1.19 bits per heavy atom. The van der Waals surface area contributed by atoms with Gasteiger partial charge in [-0.25, -0.2) is 22.0 Å². The smallest absolute Gasteiger partial charge is 0.315 e. The molecule has 1 heterocycles. The maximum absolute atomic E-state index is 14.1. The minimum Gasteiger partial charge on any atom is -0.487 e. The molecule has 166 valence electrons. The first-order valence-electron chi connectivity index (χ1n) is 9.92. The van der Waals surface area contributed by atoms with Gasteiger partial charge in [0.15, 0.2) is 0 Å². The Labute approximate surface area is 179 Å². The zero-order valence-corrected chi connectivity index (χ0v) is 17.7. The SMILES string of the molecule is CS(=O)(=O)Nc1ccc(CNC(=O)N[C@@H]2CC3(CCC3)Oc3ccc(F)cc32)cc1F. The Kier molecular flexibility index (Phi) is 5.50. The molecule has 2 aliphatic rings. The summed E-state index contributed by atoms with van der Waals surface area (Å²) >= 11 is 0. The third kappa shape index (κ3) is 4.90. The minimum absolute atomic E-state index is 0.0340. The van der Waals surface area contributed by atoms with Gasteiger partial charge >= 0.3 is 6.03 Å². The fraction of sp³-hybridized carbons (Fsp3) is 0.381.